The van der Waals surface area contributed by atoms with Crippen molar-refractivity contribution in [3.63, 3.8) is 0 Å². The fraction of sp³-hybridized carbons (Fsp3) is 0.435. The molecular formula is C23H28N6O2S2. The highest BCUT2D eigenvalue weighted by molar-refractivity contribution is 7.98. The van der Waals surface area contributed by atoms with Gasteiger partial charge in [0, 0.05) is 25.4 Å². The molecule has 2 heterocycles. The van der Waals surface area contributed by atoms with Crippen LogP contribution in [-0.4, -0.2) is 58.6 Å². The first-order chi connectivity index (χ1) is 15.8. The van der Waals surface area contributed by atoms with E-state index in [1.165, 1.54) is 18.8 Å². The molecule has 1 aliphatic rings. The Kier molecular flexibility index (Phi) is 8.33. The largest absolute Gasteiger partial charge is 0.354 e. The number of benzene rings is 1. The molecule has 0 bridgehead atoms. The second-order valence-corrected chi connectivity index (χ2v) is 10.7. The van der Waals surface area contributed by atoms with Crippen molar-refractivity contribution in [1.29, 1.82) is 10.5 Å². The lowest BCUT2D eigenvalue weighted by Gasteiger charge is -2.25. The third-order valence-corrected chi connectivity index (χ3v) is 8.20. The lowest BCUT2D eigenvalue weighted by molar-refractivity contribution is 0.360. The van der Waals surface area contributed by atoms with Crippen LogP contribution in [0, 0.1) is 22.7 Å². The van der Waals surface area contributed by atoms with Gasteiger partial charge in [-0.05, 0) is 56.7 Å². The van der Waals surface area contributed by atoms with E-state index in [0.29, 0.717) is 34.1 Å². The minimum Gasteiger partial charge on any atom is -0.354 e. The lowest BCUT2D eigenvalue weighted by atomic mass is 10.0. The van der Waals surface area contributed by atoms with E-state index in [-0.39, 0.29) is 4.90 Å². The van der Waals surface area contributed by atoms with Crippen LogP contribution >= 0.6 is 11.8 Å². The van der Waals surface area contributed by atoms with E-state index in [1.807, 2.05) is 6.92 Å². The molecular weight excluding hydrogens is 456 g/mol. The van der Waals surface area contributed by atoms with Crippen molar-refractivity contribution in [3.05, 3.63) is 46.5 Å². The number of anilines is 1. The standard InChI is InChI=1S/C23H28N6O2S2/c1-4-19-20(14-24)22(29-11-5-10-28(3)12-13-29)27-23(21(19)15-25)32-16-17-6-8-18(9-7-17)33(30,31)26-2/h6-9,26H,4-5,10-13,16H2,1-3H3. The Morgan fingerprint density at radius 3 is 2.39 bits per heavy atom. The Hall–Kier alpha value is -2.63. The van der Waals surface area contributed by atoms with Gasteiger partial charge in [0.2, 0.25) is 10.0 Å². The number of likely N-dealkylation sites (N-methyl/N-ethyl adjacent to an activating group) is 1. The Morgan fingerprint density at radius 1 is 1.09 bits per heavy atom. The maximum Gasteiger partial charge on any atom is 0.240 e. The van der Waals surface area contributed by atoms with Crippen molar-refractivity contribution in [2.24, 2.45) is 0 Å². The van der Waals surface area contributed by atoms with Gasteiger partial charge in [0.1, 0.15) is 23.0 Å². The quantitative estimate of drug-likeness (QED) is 0.597. The molecule has 0 saturated carbocycles. The van der Waals surface area contributed by atoms with Gasteiger partial charge >= 0.3 is 0 Å². The van der Waals surface area contributed by atoms with Crippen molar-refractivity contribution >= 4 is 27.6 Å². The maximum atomic E-state index is 11.9. The first-order valence-corrected chi connectivity index (χ1v) is 13.3. The average molecular weight is 485 g/mol. The third-order valence-electron chi connectivity index (χ3n) is 5.72. The molecule has 0 radical (unpaired) electrons. The molecule has 0 aliphatic carbocycles. The Balaban J connectivity index is 1.94. The molecule has 1 aliphatic heterocycles. The summed E-state index contributed by atoms with van der Waals surface area (Å²) in [7, 11) is -0.0169. The van der Waals surface area contributed by atoms with E-state index >= 15 is 0 Å². The number of hydrogen-bond donors (Lipinski definition) is 1. The molecule has 1 saturated heterocycles. The number of pyridine rings is 1. The molecule has 1 N–H and O–H groups in total. The van der Waals surface area contributed by atoms with E-state index in [1.54, 1.807) is 24.3 Å². The number of rotatable bonds is 7. The molecule has 0 atom stereocenters. The summed E-state index contributed by atoms with van der Waals surface area (Å²) in [5.74, 6) is 1.18. The van der Waals surface area contributed by atoms with Crippen molar-refractivity contribution in [1.82, 2.24) is 14.6 Å². The number of hydrogen-bond acceptors (Lipinski definition) is 8. The number of sulfonamides is 1. The normalized spacial score (nSPS) is 15.0. The highest BCUT2D eigenvalue weighted by atomic mass is 32.2. The van der Waals surface area contributed by atoms with Gasteiger partial charge in [0.25, 0.3) is 0 Å². The first-order valence-electron chi connectivity index (χ1n) is 10.8. The number of nitriles is 2. The summed E-state index contributed by atoms with van der Waals surface area (Å²) in [6.07, 6.45) is 1.55. The molecule has 8 nitrogen and oxygen atoms in total. The van der Waals surface area contributed by atoms with E-state index in [0.717, 1.165) is 43.7 Å². The number of thioether (sulfide) groups is 1. The number of aromatic nitrogens is 1. The minimum atomic E-state index is -3.49. The van der Waals surface area contributed by atoms with Gasteiger partial charge < -0.3 is 9.80 Å². The smallest absolute Gasteiger partial charge is 0.240 e. The predicted octanol–water partition coefficient (Wildman–Crippen LogP) is 2.73. The Bertz CT molecular complexity index is 1180. The van der Waals surface area contributed by atoms with Crippen molar-refractivity contribution in [2.45, 2.75) is 35.4 Å². The summed E-state index contributed by atoms with van der Waals surface area (Å²) in [6.45, 7) is 5.42. The molecule has 0 amide bonds. The predicted molar refractivity (Wildman–Crippen MR) is 130 cm³/mol. The van der Waals surface area contributed by atoms with Crippen LogP contribution in [-0.2, 0) is 22.2 Å². The monoisotopic (exact) mass is 484 g/mol. The Morgan fingerprint density at radius 2 is 1.79 bits per heavy atom. The molecule has 1 fully saturated rings. The van der Waals surface area contributed by atoms with E-state index in [4.69, 9.17) is 4.98 Å². The van der Waals surface area contributed by atoms with Crippen LogP contribution in [0.3, 0.4) is 0 Å². The molecule has 0 spiro atoms. The van der Waals surface area contributed by atoms with Crippen LogP contribution in [0.5, 0.6) is 0 Å². The molecule has 10 heteroatoms. The lowest BCUT2D eigenvalue weighted by Crippen LogP contribution is -2.30. The second kappa shape index (κ2) is 11.0. The summed E-state index contributed by atoms with van der Waals surface area (Å²) in [5.41, 5.74) is 2.59. The van der Waals surface area contributed by atoms with Gasteiger partial charge in [-0.1, -0.05) is 19.1 Å². The zero-order valence-electron chi connectivity index (χ0n) is 19.1. The highest BCUT2D eigenvalue weighted by Crippen LogP contribution is 2.34. The van der Waals surface area contributed by atoms with Gasteiger partial charge in [-0.25, -0.2) is 18.1 Å². The molecule has 1 aromatic carbocycles. The van der Waals surface area contributed by atoms with Gasteiger partial charge in [-0.2, -0.15) is 10.5 Å². The zero-order valence-corrected chi connectivity index (χ0v) is 20.8. The van der Waals surface area contributed by atoms with Gasteiger partial charge in [0.05, 0.1) is 16.0 Å². The summed E-state index contributed by atoms with van der Waals surface area (Å²) in [6, 6.07) is 11.2. The fourth-order valence-electron chi connectivity index (χ4n) is 3.81. The van der Waals surface area contributed by atoms with Crippen LogP contribution in [0.15, 0.2) is 34.2 Å². The van der Waals surface area contributed by atoms with Crippen LogP contribution < -0.4 is 9.62 Å². The van der Waals surface area contributed by atoms with Gasteiger partial charge in [-0.15, -0.1) is 11.8 Å². The first kappa shape index (κ1) is 25.0. The second-order valence-electron chi connectivity index (χ2n) is 7.83. The van der Waals surface area contributed by atoms with E-state index in [2.05, 4.69) is 33.7 Å². The molecule has 1 aromatic heterocycles. The van der Waals surface area contributed by atoms with Crippen molar-refractivity contribution in [2.75, 3.05) is 45.2 Å². The van der Waals surface area contributed by atoms with E-state index in [9.17, 15) is 18.9 Å². The summed E-state index contributed by atoms with van der Waals surface area (Å²) >= 11 is 1.43. The SMILES string of the molecule is CCc1c(C#N)c(SCc2ccc(S(=O)(=O)NC)cc2)nc(N2CCCN(C)CC2)c1C#N. The topological polar surface area (TPSA) is 113 Å². The minimum absolute atomic E-state index is 0.203. The summed E-state index contributed by atoms with van der Waals surface area (Å²) < 4.78 is 26.2. The van der Waals surface area contributed by atoms with Crippen molar-refractivity contribution in [3.8, 4) is 12.1 Å². The van der Waals surface area contributed by atoms with Gasteiger partial charge in [-0.3, -0.25) is 0 Å². The van der Waals surface area contributed by atoms with E-state index < -0.39 is 10.0 Å². The number of nitrogens with one attached hydrogen (secondary N) is 1. The van der Waals surface area contributed by atoms with Gasteiger partial charge in [0.15, 0.2) is 0 Å². The van der Waals surface area contributed by atoms with Crippen LogP contribution in [0.4, 0.5) is 5.82 Å². The highest BCUT2D eigenvalue weighted by Gasteiger charge is 2.24. The molecule has 2 aromatic rings. The average Bonchev–Trinajstić information content (AvgIpc) is 3.05. The molecule has 0 unspecified atom stereocenters. The van der Waals surface area contributed by atoms with Crippen LogP contribution in [0.25, 0.3) is 0 Å². The number of nitrogens with zero attached hydrogens (tertiary/aromatic N) is 5. The zero-order chi connectivity index (χ0) is 24.0. The summed E-state index contributed by atoms with van der Waals surface area (Å²) in [4.78, 5) is 9.45. The van der Waals surface area contributed by atoms with Crippen LogP contribution in [0.2, 0.25) is 0 Å². The Labute approximate surface area is 200 Å². The van der Waals surface area contributed by atoms with Crippen molar-refractivity contribution < 1.29 is 8.42 Å². The molecule has 33 heavy (non-hydrogen) atoms. The fourth-order valence-corrected chi connectivity index (χ4v) is 5.50. The third kappa shape index (κ3) is 5.66. The molecule has 174 valence electrons. The van der Waals surface area contributed by atoms with Crippen LogP contribution in [0.1, 0.15) is 35.6 Å². The maximum absolute atomic E-state index is 11.9. The summed E-state index contributed by atoms with van der Waals surface area (Å²) in [5, 5.41) is 20.4. The molecule has 3 rings (SSSR count).